The second kappa shape index (κ2) is 6.59. The van der Waals surface area contributed by atoms with Crippen LogP contribution < -0.4 is 10.1 Å². The maximum Gasteiger partial charge on any atom is 0.346 e. The number of anilines is 1. The van der Waals surface area contributed by atoms with Crippen LogP contribution in [0.1, 0.15) is 31.8 Å². The Kier molecular flexibility index (Phi) is 4.26. The third kappa shape index (κ3) is 2.79. The number of hydrogen-bond acceptors (Lipinski definition) is 5. The van der Waals surface area contributed by atoms with Gasteiger partial charge in [-0.25, -0.2) is 4.79 Å². The van der Waals surface area contributed by atoms with Gasteiger partial charge in [-0.05, 0) is 29.1 Å². The summed E-state index contributed by atoms with van der Waals surface area (Å²) in [5.74, 6) is -0.501. The molecule has 4 rings (SSSR count). The number of carbonyl (C=O) groups excluding carboxylic acids is 1. The number of aromatic carboxylic acids is 1. The van der Waals surface area contributed by atoms with Gasteiger partial charge in [0.05, 0.1) is 12.8 Å². The molecule has 5 nitrogen and oxygen atoms in total. The fourth-order valence-electron chi connectivity index (χ4n) is 3.19. The zero-order valence-corrected chi connectivity index (χ0v) is 15.4. The number of thiophene rings is 2. The molecule has 0 aliphatic carbocycles. The fourth-order valence-corrected chi connectivity index (χ4v) is 5.34. The maximum atomic E-state index is 12.3. The van der Waals surface area contributed by atoms with E-state index in [0.717, 1.165) is 15.3 Å². The molecule has 1 unspecified atom stereocenters. The van der Waals surface area contributed by atoms with E-state index in [0.29, 0.717) is 23.4 Å². The van der Waals surface area contributed by atoms with Crippen molar-refractivity contribution in [1.82, 2.24) is 0 Å². The summed E-state index contributed by atoms with van der Waals surface area (Å²) in [6.07, 6.45) is 0.329. The molecule has 1 atom stereocenters. The molecule has 0 saturated heterocycles. The molecule has 0 spiro atoms. The highest BCUT2D eigenvalue weighted by Gasteiger charge is 2.34. The van der Waals surface area contributed by atoms with Crippen LogP contribution in [0.15, 0.2) is 41.8 Å². The molecule has 0 fully saturated rings. The molecule has 0 radical (unpaired) electrons. The molecule has 132 valence electrons. The van der Waals surface area contributed by atoms with Crippen LogP contribution in [-0.2, 0) is 4.79 Å². The van der Waals surface area contributed by atoms with Crippen molar-refractivity contribution in [3.05, 3.63) is 56.4 Å². The Morgan fingerprint density at radius 1 is 1.27 bits per heavy atom. The highest BCUT2D eigenvalue weighted by Crippen LogP contribution is 2.50. The number of methoxy groups -OCH3 is 1. The van der Waals surface area contributed by atoms with Gasteiger partial charge in [0.2, 0.25) is 5.91 Å². The van der Waals surface area contributed by atoms with Crippen LogP contribution >= 0.6 is 22.7 Å². The lowest BCUT2D eigenvalue weighted by Crippen LogP contribution is -2.22. The molecule has 1 aliphatic rings. The summed E-state index contributed by atoms with van der Waals surface area (Å²) in [6, 6.07) is 11.1. The first-order valence-corrected chi connectivity index (χ1v) is 9.65. The van der Waals surface area contributed by atoms with Crippen LogP contribution in [0.5, 0.6) is 5.75 Å². The van der Waals surface area contributed by atoms with Crippen LogP contribution in [0, 0.1) is 0 Å². The lowest BCUT2D eigenvalue weighted by molar-refractivity contribution is -0.116. The molecule has 7 heteroatoms. The largest absolute Gasteiger partial charge is 0.497 e. The summed E-state index contributed by atoms with van der Waals surface area (Å²) in [5, 5.41) is 14.6. The first kappa shape index (κ1) is 16.8. The number of carbonyl (C=O) groups is 2. The highest BCUT2D eigenvalue weighted by atomic mass is 32.1. The number of ether oxygens (including phenoxy) is 1. The van der Waals surface area contributed by atoms with Gasteiger partial charge in [-0.1, -0.05) is 18.2 Å². The molecule has 1 aliphatic heterocycles. The topological polar surface area (TPSA) is 75.6 Å². The summed E-state index contributed by atoms with van der Waals surface area (Å²) in [5.41, 5.74) is 1.93. The molecule has 0 bridgehead atoms. The van der Waals surface area contributed by atoms with Gasteiger partial charge < -0.3 is 15.2 Å². The third-order valence-corrected chi connectivity index (χ3v) is 6.64. The Hall–Kier alpha value is -2.64. The zero-order valence-electron chi connectivity index (χ0n) is 13.8. The van der Waals surface area contributed by atoms with Gasteiger partial charge in [-0.2, -0.15) is 0 Å². The van der Waals surface area contributed by atoms with Crippen LogP contribution in [0.2, 0.25) is 0 Å². The molecule has 3 aromatic rings. The van der Waals surface area contributed by atoms with Crippen LogP contribution in [0.25, 0.3) is 11.1 Å². The SMILES string of the molecule is COc1ccc(-c2c(C(=O)O)sc3c2NC(=O)CC3c2cccs2)cc1. The van der Waals surface area contributed by atoms with Crippen molar-refractivity contribution in [2.75, 3.05) is 12.4 Å². The van der Waals surface area contributed by atoms with Crippen molar-refractivity contribution in [3.63, 3.8) is 0 Å². The number of hydrogen-bond donors (Lipinski definition) is 2. The smallest absolute Gasteiger partial charge is 0.346 e. The summed E-state index contributed by atoms with van der Waals surface area (Å²) in [6.45, 7) is 0. The van der Waals surface area contributed by atoms with E-state index in [2.05, 4.69) is 5.32 Å². The highest BCUT2D eigenvalue weighted by molar-refractivity contribution is 7.15. The Morgan fingerprint density at radius 3 is 2.65 bits per heavy atom. The molecule has 1 aromatic carbocycles. The third-order valence-electron chi connectivity index (χ3n) is 4.37. The summed E-state index contributed by atoms with van der Waals surface area (Å²) in [7, 11) is 1.58. The van der Waals surface area contributed by atoms with Crippen molar-refractivity contribution in [2.24, 2.45) is 0 Å². The predicted molar refractivity (Wildman–Crippen MR) is 103 cm³/mol. The van der Waals surface area contributed by atoms with Crippen molar-refractivity contribution in [3.8, 4) is 16.9 Å². The second-order valence-corrected chi connectivity index (χ2v) is 7.93. The minimum absolute atomic E-state index is 0.0969. The van der Waals surface area contributed by atoms with E-state index in [1.54, 1.807) is 30.6 Å². The predicted octanol–water partition coefficient (Wildman–Crippen LogP) is 4.66. The van der Waals surface area contributed by atoms with Crippen molar-refractivity contribution >= 4 is 40.2 Å². The zero-order chi connectivity index (χ0) is 18.3. The van der Waals surface area contributed by atoms with Gasteiger partial charge in [0.15, 0.2) is 0 Å². The minimum Gasteiger partial charge on any atom is -0.497 e. The maximum absolute atomic E-state index is 12.3. The van der Waals surface area contributed by atoms with E-state index >= 15 is 0 Å². The number of rotatable bonds is 4. The Labute approximate surface area is 157 Å². The molecule has 3 heterocycles. The molecular formula is C19H15NO4S2. The van der Waals surface area contributed by atoms with E-state index in [-0.39, 0.29) is 16.7 Å². The standard InChI is InChI=1S/C19H15NO4S2/c1-24-11-6-4-10(5-7-11)15-16-17(26-18(15)19(22)23)12(9-14(21)20-16)13-3-2-8-25-13/h2-8,12H,9H2,1H3,(H,20,21)(H,22,23). The Balaban J connectivity index is 1.91. The van der Waals surface area contributed by atoms with E-state index in [9.17, 15) is 14.7 Å². The first-order chi connectivity index (χ1) is 12.6. The van der Waals surface area contributed by atoms with Gasteiger partial charge >= 0.3 is 5.97 Å². The molecule has 26 heavy (non-hydrogen) atoms. The number of carboxylic acid groups (broad SMARTS) is 1. The number of carboxylic acids is 1. The monoisotopic (exact) mass is 385 g/mol. The van der Waals surface area contributed by atoms with Gasteiger partial charge in [0.1, 0.15) is 10.6 Å². The molecule has 2 N–H and O–H groups in total. The normalized spacial score (nSPS) is 16.0. The fraction of sp³-hybridized carbons (Fsp3) is 0.158. The summed E-state index contributed by atoms with van der Waals surface area (Å²) in [4.78, 5) is 26.4. The lowest BCUT2D eigenvalue weighted by atomic mass is 9.93. The number of fused-ring (bicyclic) bond motifs is 1. The number of benzene rings is 1. The second-order valence-electron chi connectivity index (χ2n) is 5.90. The number of nitrogens with one attached hydrogen (secondary N) is 1. The van der Waals surface area contributed by atoms with Gasteiger partial charge in [0, 0.05) is 27.7 Å². The van der Waals surface area contributed by atoms with Gasteiger partial charge in [-0.3, -0.25) is 4.79 Å². The van der Waals surface area contributed by atoms with E-state index < -0.39 is 5.97 Å². The first-order valence-electron chi connectivity index (χ1n) is 7.96. The van der Waals surface area contributed by atoms with Crippen molar-refractivity contribution in [1.29, 1.82) is 0 Å². The molecular weight excluding hydrogens is 370 g/mol. The minimum atomic E-state index is -0.991. The van der Waals surface area contributed by atoms with Crippen molar-refractivity contribution in [2.45, 2.75) is 12.3 Å². The lowest BCUT2D eigenvalue weighted by Gasteiger charge is -2.22. The van der Waals surface area contributed by atoms with E-state index in [4.69, 9.17) is 4.74 Å². The average molecular weight is 385 g/mol. The van der Waals surface area contributed by atoms with E-state index in [1.165, 1.54) is 11.3 Å². The van der Waals surface area contributed by atoms with Crippen LogP contribution in [0.3, 0.4) is 0 Å². The Morgan fingerprint density at radius 2 is 2.04 bits per heavy atom. The van der Waals surface area contributed by atoms with Crippen LogP contribution in [0.4, 0.5) is 5.69 Å². The van der Waals surface area contributed by atoms with Crippen molar-refractivity contribution < 1.29 is 19.4 Å². The van der Waals surface area contributed by atoms with Gasteiger partial charge in [0.25, 0.3) is 0 Å². The van der Waals surface area contributed by atoms with Gasteiger partial charge in [-0.15, -0.1) is 22.7 Å². The molecule has 2 aromatic heterocycles. The quantitative estimate of drug-likeness (QED) is 0.685. The Bertz CT molecular complexity index is 974. The molecule has 0 saturated carbocycles. The van der Waals surface area contributed by atoms with E-state index in [1.807, 2.05) is 29.6 Å². The summed E-state index contributed by atoms with van der Waals surface area (Å²) >= 11 is 2.83. The molecule has 1 amide bonds. The van der Waals surface area contributed by atoms with Crippen LogP contribution in [-0.4, -0.2) is 24.1 Å². The number of amides is 1. The average Bonchev–Trinajstić information content (AvgIpc) is 3.29. The summed E-state index contributed by atoms with van der Waals surface area (Å²) < 4.78 is 5.18.